The smallest absolute Gasteiger partial charge is 0.145 e. The Hall–Kier alpha value is -2.25. The average Bonchev–Trinajstić information content (AvgIpc) is 2.54. The van der Waals surface area contributed by atoms with Crippen LogP contribution in [0.25, 0.3) is 0 Å². The van der Waals surface area contributed by atoms with Crippen molar-refractivity contribution < 1.29 is 4.21 Å². The molecule has 23 heavy (non-hydrogen) atoms. The van der Waals surface area contributed by atoms with Gasteiger partial charge in [0.25, 0.3) is 0 Å². The van der Waals surface area contributed by atoms with E-state index >= 15 is 0 Å². The van der Waals surface area contributed by atoms with Crippen LogP contribution in [0.1, 0.15) is 37.5 Å². The maximum atomic E-state index is 12.4. The molecule has 0 aliphatic heterocycles. The lowest BCUT2D eigenvalue weighted by molar-refractivity contribution is 0.650. The summed E-state index contributed by atoms with van der Waals surface area (Å²) in [4.78, 5) is 0. The second kappa shape index (κ2) is 7.34. The Morgan fingerprint density at radius 1 is 1.13 bits per heavy atom. The van der Waals surface area contributed by atoms with Gasteiger partial charge in [-0.1, -0.05) is 42.5 Å². The fraction of sp³-hybridized carbons (Fsp3) is 0.263. The van der Waals surface area contributed by atoms with Crippen molar-refractivity contribution in [3.63, 3.8) is 0 Å². The van der Waals surface area contributed by atoms with Crippen molar-refractivity contribution in [2.75, 3.05) is 0 Å². The number of rotatable bonds is 4. The van der Waals surface area contributed by atoms with Crippen LogP contribution in [0, 0.1) is 11.3 Å². The lowest BCUT2D eigenvalue weighted by Gasteiger charge is -2.15. The Labute approximate surface area is 140 Å². The van der Waals surface area contributed by atoms with Gasteiger partial charge in [0.05, 0.1) is 22.1 Å². The van der Waals surface area contributed by atoms with Gasteiger partial charge in [0, 0.05) is 6.42 Å². The van der Waals surface area contributed by atoms with Gasteiger partial charge in [-0.15, -0.1) is 0 Å². The molecule has 1 atom stereocenters. The van der Waals surface area contributed by atoms with E-state index in [4.69, 9.17) is 5.26 Å². The molecule has 0 fully saturated rings. The number of hydrogen-bond acceptors (Lipinski definition) is 2. The first kappa shape index (κ1) is 17.1. The van der Waals surface area contributed by atoms with Crippen LogP contribution in [0.4, 0.5) is 0 Å². The minimum absolute atomic E-state index is 0.408. The monoisotopic (exact) mass is 324 g/mol. The van der Waals surface area contributed by atoms with Gasteiger partial charge in [0.2, 0.25) is 0 Å². The third kappa shape index (κ3) is 4.87. The summed E-state index contributed by atoms with van der Waals surface area (Å²) < 4.78 is 16.5. The van der Waals surface area contributed by atoms with Crippen LogP contribution >= 0.6 is 0 Å². The van der Waals surface area contributed by atoms with E-state index < -0.39 is 15.7 Å². The average molecular weight is 324 g/mol. The molecule has 0 N–H and O–H groups in total. The quantitative estimate of drug-likeness (QED) is 0.797. The first-order valence-electron chi connectivity index (χ1n) is 7.44. The Morgan fingerprint density at radius 3 is 2.43 bits per heavy atom. The summed E-state index contributed by atoms with van der Waals surface area (Å²) in [6.45, 7) is 5.72. The molecular formula is C19H20N2OS. The molecule has 0 saturated heterocycles. The zero-order valence-electron chi connectivity index (χ0n) is 13.6. The molecule has 1 unspecified atom stereocenters. The Balaban J connectivity index is 2.40. The summed E-state index contributed by atoms with van der Waals surface area (Å²) in [6, 6.07) is 19.3. The molecule has 0 heterocycles. The predicted octanol–water partition coefficient (Wildman–Crippen LogP) is 4.05. The second-order valence-corrected chi connectivity index (χ2v) is 8.16. The zero-order chi connectivity index (χ0) is 16.9. The molecule has 0 aliphatic rings. The standard InChI is InChI=1S/C19H20N2OS/c1-19(2,3)23(22)21-18(17-10-5-4-6-11-17)13-15-8-7-9-16(12-15)14-20/h4-12H,13H2,1-3H3. The van der Waals surface area contributed by atoms with Crippen LogP contribution in [-0.4, -0.2) is 14.7 Å². The van der Waals surface area contributed by atoms with E-state index in [1.807, 2.05) is 69.3 Å². The fourth-order valence-electron chi connectivity index (χ4n) is 2.00. The van der Waals surface area contributed by atoms with Gasteiger partial charge >= 0.3 is 0 Å². The highest BCUT2D eigenvalue weighted by molar-refractivity contribution is 7.85. The van der Waals surface area contributed by atoms with E-state index in [0.717, 1.165) is 16.8 Å². The number of hydrogen-bond donors (Lipinski definition) is 0. The van der Waals surface area contributed by atoms with Gasteiger partial charge < -0.3 is 0 Å². The molecule has 0 bridgehead atoms. The molecule has 0 saturated carbocycles. The first-order valence-corrected chi connectivity index (χ1v) is 8.55. The van der Waals surface area contributed by atoms with Crippen molar-refractivity contribution in [3.05, 3.63) is 71.3 Å². The van der Waals surface area contributed by atoms with Crippen molar-refractivity contribution in [1.82, 2.24) is 0 Å². The highest BCUT2D eigenvalue weighted by atomic mass is 32.2. The second-order valence-electron chi connectivity index (χ2n) is 6.25. The molecule has 4 heteroatoms. The van der Waals surface area contributed by atoms with E-state index in [-0.39, 0.29) is 0 Å². The van der Waals surface area contributed by atoms with Crippen molar-refractivity contribution in [2.45, 2.75) is 31.9 Å². The van der Waals surface area contributed by atoms with E-state index in [1.54, 1.807) is 6.07 Å². The topological polar surface area (TPSA) is 53.2 Å². The van der Waals surface area contributed by atoms with Gasteiger partial charge in [0.15, 0.2) is 0 Å². The molecule has 0 aromatic heterocycles. The molecule has 0 radical (unpaired) electrons. The zero-order valence-corrected chi connectivity index (χ0v) is 14.4. The van der Waals surface area contributed by atoms with Crippen LogP contribution in [0.2, 0.25) is 0 Å². The van der Waals surface area contributed by atoms with Crippen LogP contribution in [0.3, 0.4) is 0 Å². The molecular weight excluding hydrogens is 304 g/mol. The molecule has 0 spiro atoms. The van der Waals surface area contributed by atoms with Crippen molar-refractivity contribution >= 4 is 16.7 Å². The third-order valence-corrected chi connectivity index (χ3v) is 4.69. The van der Waals surface area contributed by atoms with Crippen molar-refractivity contribution in [3.8, 4) is 6.07 Å². The molecule has 118 valence electrons. The van der Waals surface area contributed by atoms with Crippen LogP contribution < -0.4 is 0 Å². The van der Waals surface area contributed by atoms with Crippen molar-refractivity contribution in [1.29, 1.82) is 5.26 Å². The molecule has 0 amide bonds. The lowest BCUT2D eigenvalue weighted by Crippen LogP contribution is -2.21. The summed E-state index contributed by atoms with van der Waals surface area (Å²) in [5.74, 6) is 0. The van der Waals surface area contributed by atoms with E-state index in [2.05, 4.69) is 10.5 Å². The summed E-state index contributed by atoms with van der Waals surface area (Å²) in [6.07, 6.45) is 0.543. The minimum Gasteiger partial charge on any atom is -0.234 e. The lowest BCUT2D eigenvalue weighted by atomic mass is 10.0. The number of nitrogens with zero attached hydrogens (tertiary/aromatic N) is 2. The molecule has 3 nitrogen and oxygen atoms in total. The number of benzene rings is 2. The van der Waals surface area contributed by atoms with E-state index in [0.29, 0.717) is 12.0 Å². The summed E-state index contributed by atoms with van der Waals surface area (Å²) in [5, 5.41) is 9.04. The largest absolute Gasteiger partial charge is 0.234 e. The first-order chi connectivity index (χ1) is 10.9. The Morgan fingerprint density at radius 2 is 1.83 bits per heavy atom. The van der Waals surface area contributed by atoms with Crippen LogP contribution in [0.5, 0.6) is 0 Å². The summed E-state index contributed by atoms with van der Waals surface area (Å²) in [7, 11) is -1.33. The normalized spacial score (nSPS) is 13.4. The summed E-state index contributed by atoms with van der Waals surface area (Å²) >= 11 is 0. The van der Waals surface area contributed by atoms with Gasteiger partial charge in [0.1, 0.15) is 11.0 Å². The molecule has 0 aliphatic carbocycles. The Bertz CT molecular complexity index is 768. The highest BCUT2D eigenvalue weighted by Crippen LogP contribution is 2.16. The number of nitriles is 1. The van der Waals surface area contributed by atoms with Gasteiger partial charge in [-0.25, -0.2) is 4.21 Å². The molecule has 2 aromatic carbocycles. The van der Waals surface area contributed by atoms with Crippen LogP contribution in [0.15, 0.2) is 59.0 Å². The van der Waals surface area contributed by atoms with Gasteiger partial charge in [-0.05, 0) is 44.0 Å². The predicted molar refractivity (Wildman–Crippen MR) is 95.7 cm³/mol. The van der Waals surface area contributed by atoms with Gasteiger partial charge in [-0.3, -0.25) is 0 Å². The third-order valence-electron chi connectivity index (χ3n) is 3.25. The minimum atomic E-state index is -1.33. The van der Waals surface area contributed by atoms with Crippen molar-refractivity contribution in [2.24, 2.45) is 4.40 Å². The van der Waals surface area contributed by atoms with Gasteiger partial charge in [-0.2, -0.15) is 9.66 Å². The maximum Gasteiger partial charge on any atom is 0.145 e. The molecule has 2 aromatic rings. The molecule has 2 rings (SSSR count). The summed E-state index contributed by atoms with van der Waals surface area (Å²) in [5.41, 5.74) is 3.32. The SMILES string of the molecule is CC(C)(C)S(=O)N=C(Cc1cccc(C#N)c1)c1ccccc1. The highest BCUT2D eigenvalue weighted by Gasteiger charge is 2.20. The van der Waals surface area contributed by atoms with E-state index in [1.165, 1.54) is 0 Å². The fourth-order valence-corrected chi connectivity index (χ4v) is 2.64. The van der Waals surface area contributed by atoms with E-state index in [9.17, 15) is 4.21 Å². The Kier molecular flexibility index (Phi) is 5.46. The maximum absolute atomic E-state index is 12.4. The van der Waals surface area contributed by atoms with Crippen LogP contribution in [-0.2, 0) is 17.4 Å².